The number of hydrogen-bond donors (Lipinski definition) is 4. The van der Waals surface area contributed by atoms with E-state index in [-0.39, 0.29) is 11.6 Å². The highest BCUT2D eigenvalue weighted by Gasteiger charge is 2.36. The normalized spacial score (nSPS) is 17.4. The van der Waals surface area contributed by atoms with Crippen LogP contribution in [0.15, 0.2) is 59.9 Å². The van der Waals surface area contributed by atoms with Gasteiger partial charge in [0, 0.05) is 47.8 Å². The first-order valence-corrected chi connectivity index (χ1v) is 11.7. The van der Waals surface area contributed by atoms with E-state index in [1.165, 1.54) is 18.9 Å². The number of fused-ring (bicyclic) bond motifs is 1. The summed E-state index contributed by atoms with van der Waals surface area (Å²) in [5.41, 5.74) is 3.46. The molecule has 0 amide bonds. The number of rotatable bonds is 8. The Kier molecular flexibility index (Phi) is 6.24. The van der Waals surface area contributed by atoms with Crippen molar-refractivity contribution in [2.45, 2.75) is 19.8 Å². The summed E-state index contributed by atoms with van der Waals surface area (Å²) in [6.45, 7) is 6.11. The lowest BCUT2D eigenvalue weighted by Crippen LogP contribution is -2.25. The standard InChI is InChI=1S/C26H27N5O4/c1-16-13-18(27-9-12-31-10-2-3-11-31)6-7-20(16)30-25-22(26(33)34)23(32)21(35-25)14-17-15-29-24-19(17)5-4-8-28-24/h4-8,13-15,27,30H,2-3,9-12H2,1H3,(H,28,29)(H,33,34)/b21-14-. The van der Waals surface area contributed by atoms with Gasteiger partial charge in [0.15, 0.2) is 11.3 Å². The van der Waals surface area contributed by atoms with Crippen molar-refractivity contribution in [2.24, 2.45) is 0 Å². The fraction of sp³-hybridized carbons (Fsp3) is 0.269. The maximum atomic E-state index is 12.9. The summed E-state index contributed by atoms with van der Waals surface area (Å²) in [6.07, 6.45) is 7.44. The molecule has 180 valence electrons. The van der Waals surface area contributed by atoms with Gasteiger partial charge in [0.1, 0.15) is 5.65 Å². The summed E-state index contributed by atoms with van der Waals surface area (Å²) in [7, 11) is 0. The van der Waals surface area contributed by atoms with Crippen LogP contribution in [0, 0.1) is 6.92 Å². The third kappa shape index (κ3) is 4.76. The molecule has 4 N–H and O–H groups in total. The SMILES string of the molecule is Cc1cc(NCCN2CCCC2)ccc1NC1=C(C(=O)O)C(=O)/C(=C/c2c[nH]c3ncccc23)O1. The van der Waals surface area contributed by atoms with Crippen LogP contribution in [-0.2, 0) is 14.3 Å². The zero-order valence-corrected chi connectivity index (χ0v) is 19.4. The number of aromatic nitrogens is 2. The summed E-state index contributed by atoms with van der Waals surface area (Å²) in [5, 5.41) is 16.9. The van der Waals surface area contributed by atoms with E-state index in [1.807, 2.05) is 31.2 Å². The topological polar surface area (TPSA) is 120 Å². The number of aryl methyl sites for hydroxylation is 1. The van der Waals surface area contributed by atoms with Crippen LogP contribution < -0.4 is 10.6 Å². The molecule has 0 aliphatic carbocycles. The Bertz CT molecular complexity index is 1350. The Morgan fingerprint density at radius 1 is 1.29 bits per heavy atom. The van der Waals surface area contributed by atoms with E-state index >= 15 is 0 Å². The second kappa shape index (κ2) is 9.63. The van der Waals surface area contributed by atoms with Crippen LogP contribution in [0.5, 0.6) is 0 Å². The predicted octanol–water partition coefficient (Wildman–Crippen LogP) is 3.73. The molecule has 35 heavy (non-hydrogen) atoms. The first kappa shape index (κ1) is 22.7. The van der Waals surface area contributed by atoms with Gasteiger partial charge in [0.2, 0.25) is 11.7 Å². The van der Waals surface area contributed by atoms with Crippen molar-refractivity contribution in [3.05, 3.63) is 71.1 Å². The number of pyridine rings is 1. The number of nitrogens with zero attached hydrogens (tertiary/aromatic N) is 2. The molecule has 0 unspecified atom stereocenters. The number of aliphatic carboxylic acids is 1. The van der Waals surface area contributed by atoms with Crippen LogP contribution in [0.2, 0.25) is 0 Å². The van der Waals surface area contributed by atoms with Crippen molar-refractivity contribution in [1.82, 2.24) is 14.9 Å². The average Bonchev–Trinajstić information content (AvgIpc) is 3.56. The van der Waals surface area contributed by atoms with Crippen molar-refractivity contribution < 1.29 is 19.4 Å². The quantitative estimate of drug-likeness (QED) is 0.289. The molecular formula is C26H27N5O4. The second-order valence-corrected chi connectivity index (χ2v) is 8.72. The van der Waals surface area contributed by atoms with Crippen LogP contribution in [0.3, 0.4) is 0 Å². The highest BCUT2D eigenvalue weighted by molar-refractivity contribution is 6.26. The van der Waals surface area contributed by atoms with Gasteiger partial charge in [-0.1, -0.05) is 0 Å². The molecule has 5 rings (SSSR count). The molecule has 9 nitrogen and oxygen atoms in total. The van der Waals surface area contributed by atoms with Crippen LogP contribution in [0.4, 0.5) is 11.4 Å². The van der Waals surface area contributed by atoms with Crippen molar-refractivity contribution in [1.29, 1.82) is 0 Å². The van der Waals surface area contributed by atoms with Crippen LogP contribution in [-0.4, -0.2) is 57.9 Å². The van der Waals surface area contributed by atoms with Crippen molar-refractivity contribution in [2.75, 3.05) is 36.8 Å². The minimum Gasteiger partial charge on any atom is -0.477 e. The molecule has 2 aliphatic rings. The molecule has 0 spiro atoms. The van der Waals surface area contributed by atoms with E-state index in [9.17, 15) is 14.7 Å². The van der Waals surface area contributed by atoms with E-state index in [4.69, 9.17) is 4.74 Å². The number of Topliss-reactive ketones (excluding diaryl/α,β-unsaturated/α-hetero) is 1. The van der Waals surface area contributed by atoms with Gasteiger partial charge in [0.05, 0.1) is 0 Å². The Hall–Kier alpha value is -4.11. The first-order chi connectivity index (χ1) is 17.0. The van der Waals surface area contributed by atoms with Crippen molar-refractivity contribution in [3.8, 4) is 0 Å². The van der Waals surface area contributed by atoms with Gasteiger partial charge in [-0.05, 0) is 74.8 Å². The maximum absolute atomic E-state index is 12.9. The molecule has 1 fully saturated rings. The molecule has 0 atom stereocenters. The summed E-state index contributed by atoms with van der Waals surface area (Å²) in [4.78, 5) is 34.5. The second-order valence-electron chi connectivity index (χ2n) is 8.72. The summed E-state index contributed by atoms with van der Waals surface area (Å²) in [6, 6.07) is 9.41. The van der Waals surface area contributed by atoms with Gasteiger partial charge >= 0.3 is 5.97 Å². The number of carboxylic acid groups (broad SMARTS) is 1. The number of likely N-dealkylation sites (tertiary alicyclic amines) is 1. The van der Waals surface area contributed by atoms with Gasteiger partial charge in [-0.15, -0.1) is 0 Å². The van der Waals surface area contributed by atoms with Gasteiger partial charge in [-0.2, -0.15) is 0 Å². The number of carbonyl (C=O) groups is 2. The van der Waals surface area contributed by atoms with E-state index in [1.54, 1.807) is 18.5 Å². The largest absolute Gasteiger partial charge is 0.477 e. The van der Waals surface area contributed by atoms with Gasteiger partial charge in [0.25, 0.3) is 0 Å². The number of ether oxygens (including phenoxy) is 1. The molecule has 2 aromatic heterocycles. The van der Waals surface area contributed by atoms with Crippen molar-refractivity contribution >= 4 is 40.2 Å². The maximum Gasteiger partial charge on any atom is 0.345 e. The van der Waals surface area contributed by atoms with E-state index < -0.39 is 17.3 Å². The minimum absolute atomic E-state index is 0.0625. The molecule has 0 saturated carbocycles. The van der Waals surface area contributed by atoms with Gasteiger partial charge in [-0.25, -0.2) is 9.78 Å². The highest BCUT2D eigenvalue weighted by Crippen LogP contribution is 2.31. The van der Waals surface area contributed by atoms with Crippen LogP contribution in [0.1, 0.15) is 24.0 Å². The number of aromatic amines is 1. The number of H-pyrrole nitrogens is 1. The molecule has 4 heterocycles. The third-order valence-corrected chi connectivity index (χ3v) is 6.30. The number of ketones is 1. The van der Waals surface area contributed by atoms with E-state index in [0.717, 1.165) is 42.8 Å². The monoisotopic (exact) mass is 473 g/mol. The molecule has 2 aliphatic heterocycles. The molecule has 0 bridgehead atoms. The fourth-order valence-electron chi connectivity index (χ4n) is 4.45. The average molecular weight is 474 g/mol. The Morgan fingerprint density at radius 2 is 2.11 bits per heavy atom. The Labute approximate surface area is 202 Å². The van der Waals surface area contributed by atoms with Crippen LogP contribution in [0.25, 0.3) is 17.1 Å². The number of hydrogen-bond acceptors (Lipinski definition) is 7. The lowest BCUT2D eigenvalue weighted by atomic mass is 10.1. The van der Waals surface area contributed by atoms with Gasteiger partial charge in [-0.3, -0.25) is 4.79 Å². The lowest BCUT2D eigenvalue weighted by Gasteiger charge is -2.16. The molecular weight excluding hydrogens is 446 g/mol. The van der Waals surface area contributed by atoms with Crippen molar-refractivity contribution in [3.63, 3.8) is 0 Å². The summed E-state index contributed by atoms with van der Waals surface area (Å²) < 4.78 is 5.72. The number of nitrogens with one attached hydrogen (secondary N) is 3. The number of allylic oxidation sites excluding steroid dienone is 1. The number of carboxylic acids is 1. The lowest BCUT2D eigenvalue weighted by molar-refractivity contribution is -0.134. The molecule has 0 radical (unpaired) electrons. The summed E-state index contributed by atoms with van der Waals surface area (Å²) in [5.74, 6) is -2.19. The van der Waals surface area contributed by atoms with Crippen LogP contribution >= 0.6 is 0 Å². The van der Waals surface area contributed by atoms with E-state index in [0.29, 0.717) is 16.9 Å². The number of anilines is 2. The molecule has 9 heteroatoms. The smallest absolute Gasteiger partial charge is 0.345 e. The predicted molar refractivity (Wildman–Crippen MR) is 134 cm³/mol. The molecule has 1 aromatic carbocycles. The zero-order valence-electron chi connectivity index (χ0n) is 19.4. The fourth-order valence-corrected chi connectivity index (χ4v) is 4.45. The molecule has 3 aromatic rings. The molecule has 1 saturated heterocycles. The highest BCUT2D eigenvalue weighted by atomic mass is 16.5. The first-order valence-electron chi connectivity index (χ1n) is 11.7. The summed E-state index contributed by atoms with van der Waals surface area (Å²) >= 11 is 0. The minimum atomic E-state index is -1.35. The number of carbonyl (C=O) groups excluding carboxylic acids is 1. The van der Waals surface area contributed by atoms with E-state index in [2.05, 4.69) is 25.5 Å². The Balaban J connectivity index is 1.31. The third-order valence-electron chi connectivity index (χ3n) is 6.30. The zero-order chi connectivity index (χ0) is 24.4. The number of benzene rings is 1. The Morgan fingerprint density at radius 3 is 2.89 bits per heavy atom. The van der Waals surface area contributed by atoms with Gasteiger partial charge < -0.3 is 30.4 Å².